The maximum absolute atomic E-state index is 12.9. The number of carbonyl (C=O) groups excluding carboxylic acids is 1. The molecule has 0 radical (unpaired) electrons. The molecule has 0 bridgehead atoms. The molecule has 2 aromatic carbocycles. The zero-order chi connectivity index (χ0) is 17.9. The fourth-order valence-corrected chi connectivity index (χ4v) is 3.58. The van der Waals surface area contributed by atoms with Crippen LogP contribution in [0.2, 0.25) is 0 Å². The van der Waals surface area contributed by atoms with Gasteiger partial charge in [-0.1, -0.05) is 36.4 Å². The van der Waals surface area contributed by atoms with Crippen LogP contribution < -0.4 is 0 Å². The van der Waals surface area contributed by atoms with Crippen molar-refractivity contribution in [1.82, 2.24) is 25.1 Å². The molecule has 1 saturated heterocycles. The first-order valence-electron chi connectivity index (χ1n) is 8.90. The maximum Gasteiger partial charge on any atom is 0.253 e. The van der Waals surface area contributed by atoms with Crippen LogP contribution in [0.3, 0.4) is 0 Å². The quantitative estimate of drug-likeness (QED) is 0.731. The molecule has 0 atom stereocenters. The molecular weight excluding hydrogens is 326 g/mol. The lowest BCUT2D eigenvalue weighted by molar-refractivity contribution is 0.0713. The van der Waals surface area contributed by atoms with Crippen molar-refractivity contribution in [2.45, 2.75) is 25.7 Å². The molecule has 3 aromatic rings. The first-order valence-corrected chi connectivity index (χ1v) is 8.90. The first kappa shape index (κ1) is 16.4. The Morgan fingerprint density at radius 1 is 1.08 bits per heavy atom. The molecular formula is C20H21N5O. The number of tetrazole rings is 1. The van der Waals surface area contributed by atoms with Crippen molar-refractivity contribution >= 4 is 5.91 Å². The molecule has 1 fully saturated rings. The molecule has 1 aliphatic heterocycles. The second-order valence-electron chi connectivity index (χ2n) is 6.73. The molecule has 6 nitrogen and oxygen atoms in total. The molecule has 0 unspecified atom stereocenters. The largest absolute Gasteiger partial charge is 0.339 e. The summed E-state index contributed by atoms with van der Waals surface area (Å²) in [6.07, 6.45) is 3.55. The van der Waals surface area contributed by atoms with Crippen molar-refractivity contribution in [3.63, 3.8) is 0 Å². The van der Waals surface area contributed by atoms with Gasteiger partial charge in [-0.05, 0) is 59.4 Å². The van der Waals surface area contributed by atoms with Gasteiger partial charge in [0.25, 0.3) is 5.91 Å². The summed E-state index contributed by atoms with van der Waals surface area (Å²) in [6, 6.07) is 16.3. The van der Waals surface area contributed by atoms with Gasteiger partial charge in [-0.2, -0.15) is 0 Å². The van der Waals surface area contributed by atoms with E-state index in [1.807, 2.05) is 36.1 Å². The van der Waals surface area contributed by atoms with Crippen LogP contribution in [0.15, 0.2) is 54.9 Å². The Bertz CT molecular complexity index is 884. The van der Waals surface area contributed by atoms with Crippen molar-refractivity contribution in [1.29, 1.82) is 0 Å². The highest BCUT2D eigenvalue weighted by Crippen LogP contribution is 2.28. The summed E-state index contributed by atoms with van der Waals surface area (Å²) in [5, 5.41) is 11.3. The van der Waals surface area contributed by atoms with E-state index in [0.29, 0.717) is 11.5 Å². The lowest BCUT2D eigenvalue weighted by Crippen LogP contribution is -2.38. The van der Waals surface area contributed by atoms with E-state index in [9.17, 15) is 4.79 Å². The summed E-state index contributed by atoms with van der Waals surface area (Å²) in [6.45, 7) is 3.55. The van der Waals surface area contributed by atoms with Gasteiger partial charge in [0.2, 0.25) is 0 Å². The SMILES string of the molecule is Cc1ccc(C(=O)N2CCC(c3ccccc3)CC2)cc1-n1cnnn1. The van der Waals surface area contributed by atoms with Gasteiger partial charge in [0.1, 0.15) is 6.33 Å². The maximum atomic E-state index is 12.9. The Balaban J connectivity index is 1.48. The highest BCUT2D eigenvalue weighted by Gasteiger charge is 2.25. The van der Waals surface area contributed by atoms with Gasteiger partial charge in [-0.15, -0.1) is 5.10 Å². The average Bonchev–Trinajstić information content (AvgIpc) is 3.23. The van der Waals surface area contributed by atoms with E-state index in [2.05, 4.69) is 39.8 Å². The number of hydrogen-bond acceptors (Lipinski definition) is 4. The molecule has 26 heavy (non-hydrogen) atoms. The number of amides is 1. The Morgan fingerprint density at radius 3 is 2.54 bits per heavy atom. The van der Waals surface area contributed by atoms with Crippen LogP contribution in [0, 0.1) is 6.92 Å². The van der Waals surface area contributed by atoms with Crippen molar-refractivity contribution < 1.29 is 4.79 Å². The molecule has 6 heteroatoms. The number of hydrogen-bond donors (Lipinski definition) is 0. The molecule has 0 spiro atoms. The topological polar surface area (TPSA) is 63.9 Å². The summed E-state index contributed by atoms with van der Waals surface area (Å²) in [7, 11) is 0. The molecule has 0 N–H and O–H groups in total. The highest BCUT2D eigenvalue weighted by atomic mass is 16.2. The van der Waals surface area contributed by atoms with Crippen LogP contribution in [0.4, 0.5) is 0 Å². The second-order valence-corrected chi connectivity index (χ2v) is 6.73. The molecule has 2 heterocycles. The van der Waals surface area contributed by atoms with Gasteiger partial charge in [0, 0.05) is 18.7 Å². The summed E-state index contributed by atoms with van der Waals surface area (Å²) < 4.78 is 1.59. The Morgan fingerprint density at radius 2 is 1.85 bits per heavy atom. The lowest BCUT2D eigenvalue weighted by atomic mass is 9.89. The van der Waals surface area contributed by atoms with E-state index in [0.717, 1.165) is 37.2 Å². The average molecular weight is 347 g/mol. The number of benzene rings is 2. The normalized spacial score (nSPS) is 15.2. The van der Waals surface area contributed by atoms with E-state index in [1.54, 1.807) is 11.0 Å². The van der Waals surface area contributed by atoms with Crippen molar-refractivity contribution in [2.24, 2.45) is 0 Å². The third-order valence-electron chi connectivity index (χ3n) is 5.11. The minimum Gasteiger partial charge on any atom is -0.339 e. The fourth-order valence-electron chi connectivity index (χ4n) is 3.58. The molecule has 0 aliphatic carbocycles. The van der Waals surface area contributed by atoms with E-state index in [1.165, 1.54) is 5.56 Å². The number of aryl methyl sites for hydroxylation is 1. The Hall–Kier alpha value is -3.02. The van der Waals surface area contributed by atoms with Crippen LogP contribution in [0.5, 0.6) is 0 Å². The molecule has 1 amide bonds. The van der Waals surface area contributed by atoms with E-state index in [4.69, 9.17) is 0 Å². The summed E-state index contributed by atoms with van der Waals surface area (Å²) in [4.78, 5) is 14.9. The van der Waals surface area contributed by atoms with Crippen LogP contribution in [-0.4, -0.2) is 44.1 Å². The molecule has 0 saturated carbocycles. The second kappa shape index (κ2) is 7.07. The zero-order valence-corrected chi connectivity index (χ0v) is 14.7. The number of carbonyl (C=O) groups is 1. The lowest BCUT2D eigenvalue weighted by Gasteiger charge is -2.32. The van der Waals surface area contributed by atoms with E-state index >= 15 is 0 Å². The van der Waals surface area contributed by atoms with E-state index in [-0.39, 0.29) is 5.91 Å². The van der Waals surface area contributed by atoms with Crippen LogP contribution >= 0.6 is 0 Å². The number of nitrogens with zero attached hydrogens (tertiary/aromatic N) is 5. The van der Waals surface area contributed by atoms with Gasteiger partial charge in [0.05, 0.1) is 5.69 Å². The van der Waals surface area contributed by atoms with Crippen LogP contribution in [0.25, 0.3) is 5.69 Å². The highest BCUT2D eigenvalue weighted by molar-refractivity contribution is 5.95. The summed E-state index contributed by atoms with van der Waals surface area (Å²) in [5.41, 5.74) is 3.91. The molecule has 132 valence electrons. The molecule has 1 aromatic heterocycles. The predicted molar refractivity (Wildman–Crippen MR) is 98.2 cm³/mol. The predicted octanol–water partition coefficient (Wildman–Crippen LogP) is 2.99. The number of aromatic nitrogens is 4. The van der Waals surface area contributed by atoms with Crippen molar-refractivity contribution in [3.05, 3.63) is 71.5 Å². The first-order chi connectivity index (χ1) is 12.7. The zero-order valence-electron chi connectivity index (χ0n) is 14.7. The summed E-state index contributed by atoms with van der Waals surface area (Å²) in [5.74, 6) is 0.612. The minimum absolute atomic E-state index is 0.0748. The third-order valence-corrected chi connectivity index (χ3v) is 5.11. The van der Waals surface area contributed by atoms with Gasteiger partial charge >= 0.3 is 0 Å². The minimum atomic E-state index is 0.0748. The van der Waals surface area contributed by atoms with Gasteiger partial charge < -0.3 is 4.90 Å². The summed E-state index contributed by atoms with van der Waals surface area (Å²) >= 11 is 0. The smallest absolute Gasteiger partial charge is 0.253 e. The van der Waals surface area contributed by atoms with E-state index < -0.39 is 0 Å². The number of piperidine rings is 1. The number of rotatable bonds is 3. The molecule has 4 rings (SSSR count). The number of likely N-dealkylation sites (tertiary alicyclic amines) is 1. The Labute approximate surface area is 152 Å². The fraction of sp³-hybridized carbons (Fsp3) is 0.300. The van der Waals surface area contributed by atoms with Gasteiger partial charge in [-0.25, -0.2) is 4.68 Å². The standard InChI is InChI=1S/C20H21N5O/c1-15-7-8-18(13-19(15)25-14-21-22-23-25)20(26)24-11-9-17(10-12-24)16-5-3-2-4-6-16/h2-8,13-14,17H,9-12H2,1H3. The van der Waals surface area contributed by atoms with Gasteiger partial charge in [-0.3, -0.25) is 4.79 Å². The third kappa shape index (κ3) is 3.22. The van der Waals surface area contributed by atoms with Crippen molar-refractivity contribution in [2.75, 3.05) is 13.1 Å². The van der Waals surface area contributed by atoms with Crippen LogP contribution in [-0.2, 0) is 0 Å². The van der Waals surface area contributed by atoms with Gasteiger partial charge in [0.15, 0.2) is 0 Å². The Kier molecular flexibility index (Phi) is 4.48. The van der Waals surface area contributed by atoms with Crippen molar-refractivity contribution in [3.8, 4) is 5.69 Å². The van der Waals surface area contributed by atoms with Crippen LogP contribution in [0.1, 0.15) is 40.2 Å². The molecule has 1 aliphatic rings. The monoisotopic (exact) mass is 347 g/mol.